The summed E-state index contributed by atoms with van der Waals surface area (Å²) in [6.07, 6.45) is -10.8. The van der Waals surface area contributed by atoms with Crippen LogP contribution in [0.25, 0.3) is 22.1 Å². The van der Waals surface area contributed by atoms with E-state index in [0.29, 0.717) is 16.9 Å². The smallest absolute Gasteiger partial charge is 0.229 e. The van der Waals surface area contributed by atoms with E-state index in [-0.39, 0.29) is 28.8 Å². The molecule has 0 saturated carbocycles. The predicted octanol–water partition coefficient (Wildman–Crippen LogP) is -0.253. The van der Waals surface area contributed by atoms with Crippen LogP contribution in [0.4, 0.5) is 0 Å². The molecule has 6 N–H and O–H groups in total. The molecule has 8 unspecified atom stereocenters. The van der Waals surface area contributed by atoms with E-state index in [4.69, 9.17) is 28.1 Å². The van der Waals surface area contributed by atoms with Gasteiger partial charge in [-0.2, -0.15) is 0 Å². The summed E-state index contributed by atoms with van der Waals surface area (Å²) in [5, 5.41) is 61.5. The molecule has 228 valence electrons. The Hall–Kier alpha value is -3.11. The lowest BCUT2D eigenvalue weighted by molar-refractivity contribution is -0.313. The maximum Gasteiger partial charge on any atom is 0.229 e. The van der Waals surface area contributed by atoms with Crippen molar-refractivity contribution in [1.82, 2.24) is 0 Å². The molecule has 0 radical (unpaired) electrons. The monoisotopic (exact) mass is 590 g/mol. The Morgan fingerprint density at radius 2 is 1.48 bits per heavy atom. The molecule has 3 heterocycles. The SMILES string of the molecule is COc1ccc(-c2coc3cc(OC4OC(COC5OC(CO)[C@@H](O)C(O)C5C)[C@H](O)C(O)C4O)ccc3c2=O)cc1. The zero-order valence-corrected chi connectivity index (χ0v) is 22.8. The van der Waals surface area contributed by atoms with Gasteiger partial charge in [0, 0.05) is 12.0 Å². The van der Waals surface area contributed by atoms with Crippen molar-refractivity contribution in [2.75, 3.05) is 20.3 Å². The van der Waals surface area contributed by atoms with E-state index in [1.54, 1.807) is 38.3 Å². The van der Waals surface area contributed by atoms with Gasteiger partial charge in [-0.15, -0.1) is 0 Å². The quantitative estimate of drug-likeness (QED) is 0.201. The van der Waals surface area contributed by atoms with Gasteiger partial charge in [-0.05, 0) is 29.8 Å². The predicted molar refractivity (Wildman–Crippen MR) is 145 cm³/mol. The number of benzene rings is 2. The van der Waals surface area contributed by atoms with E-state index in [9.17, 15) is 35.4 Å². The van der Waals surface area contributed by atoms with E-state index >= 15 is 0 Å². The highest BCUT2D eigenvalue weighted by atomic mass is 16.7. The fraction of sp³-hybridized carbons (Fsp3) is 0.483. The van der Waals surface area contributed by atoms with Crippen LogP contribution >= 0.6 is 0 Å². The maximum absolute atomic E-state index is 13.1. The summed E-state index contributed by atoms with van der Waals surface area (Å²) >= 11 is 0. The molecule has 3 aromatic rings. The van der Waals surface area contributed by atoms with Gasteiger partial charge in [-0.3, -0.25) is 4.79 Å². The van der Waals surface area contributed by atoms with Crippen molar-refractivity contribution in [2.24, 2.45) is 5.92 Å². The third-order valence-corrected chi connectivity index (χ3v) is 7.68. The average molecular weight is 591 g/mol. The molecule has 2 fully saturated rings. The molecule has 13 heteroatoms. The minimum Gasteiger partial charge on any atom is -0.497 e. The fourth-order valence-corrected chi connectivity index (χ4v) is 5.04. The standard InChI is InChI=1S/C29H34O13/c1-13-22(31)24(33)20(10-30)41-28(13)39-12-21-25(34)26(35)27(36)29(42-21)40-16-7-8-17-19(9-16)38-11-18(23(17)32)14-3-5-15(37-2)6-4-14/h3-9,11,13,20-22,24-31,33-36H,10,12H2,1-2H3/t13?,20?,21?,22?,24-,25+,26?,27?,28?,29?/m1/s1. The summed E-state index contributed by atoms with van der Waals surface area (Å²) in [5.41, 5.74) is 0.950. The van der Waals surface area contributed by atoms with Gasteiger partial charge in [0.15, 0.2) is 11.7 Å². The van der Waals surface area contributed by atoms with Gasteiger partial charge in [-0.25, -0.2) is 0 Å². The third kappa shape index (κ3) is 5.88. The van der Waals surface area contributed by atoms with E-state index < -0.39 is 67.8 Å². The van der Waals surface area contributed by atoms with Crippen molar-refractivity contribution in [1.29, 1.82) is 0 Å². The Morgan fingerprint density at radius 3 is 2.17 bits per heavy atom. The van der Waals surface area contributed by atoms with Crippen LogP contribution < -0.4 is 14.9 Å². The van der Waals surface area contributed by atoms with Gasteiger partial charge in [0.2, 0.25) is 6.29 Å². The molecule has 2 aromatic carbocycles. The largest absolute Gasteiger partial charge is 0.497 e. The van der Waals surface area contributed by atoms with Crippen molar-refractivity contribution in [3.63, 3.8) is 0 Å². The van der Waals surface area contributed by atoms with Crippen molar-refractivity contribution < 1.29 is 58.7 Å². The molecule has 0 bridgehead atoms. The molecular formula is C29H34O13. The number of hydrogen-bond acceptors (Lipinski definition) is 13. The summed E-state index contributed by atoms with van der Waals surface area (Å²) in [7, 11) is 1.55. The van der Waals surface area contributed by atoms with Gasteiger partial charge in [0.1, 0.15) is 60.0 Å². The zero-order chi connectivity index (χ0) is 30.1. The van der Waals surface area contributed by atoms with Crippen LogP contribution in [0.15, 0.2) is 57.9 Å². The van der Waals surface area contributed by atoms with Crippen LogP contribution in [0, 0.1) is 5.92 Å². The van der Waals surface area contributed by atoms with Crippen LogP contribution in [-0.2, 0) is 14.2 Å². The molecule has 0 amide bonds. The Morgan fingerprint density at radius 1 is 0.810 bits per heavy atom. The lowest BCUT2D eigenvalue weighted by Crippen LogP contribution is -2.61. The zero-order valence-electron chi connectivity index (χ0n) is 22.8. The molecular weight excluding hydrogens is 556 g/mol. The minimum atomic E-state index is -1.66. The lowest BCUT2D eigenvalue weighted by atomic mass is 9.92. The molecule has 1 aromatic heterocycles. The number of ether oxygens (including phenoxy) is 5. The summed E-state index contributed by atoms with van der Waals surface area (Å²) in [6, 6.07) is 11.4. The van der Waals surface area contributed by atoms with Crippen molar-refractivity contribution in [3.8, 4) is 22.6 Å². The summed E-state index contributed by atoms with van der Waals surface area (Å²) < 4.78 is 33.5. The Kier molecular flexibility index (Phi) is 9.13. The van der Waals surface area contributed by atoms with Gasteiger partial charge in [0.25, 0.3) is 0 Å². The Balaban J connectivity index is 1.29. The minimum absolute atomic E-state index is 0.155. The Labute approximate surface area is 240 Å². The van der Waals surface area contributed by atoms with Crippen LogP contribution in [0.5, 0.6) is 11.5 Å². The van der Waals surface area contributed by atoms with Gasteiger partial charge in [-0.1, -0.05) is 19.1 Å². The molecule has 0 aliphatic carbocycles. The van der Waals surface area contributed by atoms with Crippen LogP contribution in [0.3, 0.4) is 0 Å². The topological polar surface area (TPSA) is 198 Å². The van der Waals surface area contributed by atoms with Crippen LogP contribution in [-0.4, -0.2) is 106 Å². The first kappa shape index (κ1) is 30.4. The number of aliphatic hydroxyl groups excluding tert-OH is 6. The second kappa shape index (κ2) is 12.6. The van der Waals surface area contributed by atoms with E-state index in [0.717, 1.165) is 0 Å². The molecule has 0 spiro atoms. The van der Waals surface area contributed by atoms with Crippen LogP contribution in [0.2, 0.25) is 0 Å². The molecule has 13 nitrogen and oxygen atoms in total. The highest BCUT2D eigenvalue weighted by molar-refractivity contribution is 5.82. The van der Waals surface area contributed by atoms with Crippen molar-refractivity contribution in [3.05, 3.63) is 59.0 Å². The van der Waals surface area contributed by atoms with Gasteiger partial charge >= 0.3 is 0 Å². The molecule has 2 aliphatic rings. The number of methoxy groups -OCH3 is 1. The highest BCUT2D eigenvalue weighted by Gasteiger charge is 2.47. The molecule has 2 aliphatic heterocycles. The molecule has 5 rings (SSSR count). The van der Waals surface area contributed by atoms with E-state index in [1.165, 1.54) is 24.5 Å². The summed E-state index contributed by atoms with van der Waals surface area (Å²) in [5.74, 6) is 0.112. The normalized spacial score (nSPS) is 33.4. The summed E-state index contributed by atoms with van der Waals surface area (Å²) in [4.78, 5) is 13.1. The van der Waals surface area contributed by atoms with E-state index in [2.05, 4.69) is 0 Å². The highest BCUT2D eigenvalue weighted by Crippen LogP contribution is 2.30. The van der Waals surface area contributed by atoms with Gasteiger partial charge in [0.05, 0.1) is 37.4 Å². The molecule has 10 atom stereocenters. The number of aliphatic hydroxyl groups is 6. The second-order valence-electron chi connectivity index (χ2n) is 10.4. The molecule has 2 saturated heterocycles. The maximum atomic E-state index is 13.1. The van der Waals surface area contributed by atoms with Crippen LogP contribution in [0.1, 0.15) is 6.92 Å². The summed E-state index contributed by atoms with van der Waals surface area (Å²) in [6.45, 7) is 0.678. The first-order valence-electron chi connectivity index (χ1n) is 13.4. The number of fused-ring (bicyclic) bond motifs is 1. The lowest BCUT2D eigenvalue weighted by Gasteiger charge is -2.43. The fourth-order valence-electron chi connectivity index (χ4n) is 5.04. The van der Waals surface area contributed by atoms with Crippen molar-refractivity contribution >= 4 is 11.0 Å². The third-order valence-electron chi connectivity index (χ3n) is 7.68. The number of rotatable bonds is 8. The van der Waals surface area contributed by atoms with Gasteiger partial charge < -0.3 is 58.7 Å². The van der Waals surface area contributed by atoms with E-state index in [1.807, 2.05) is 0 Å². The number of hydrogen-bond donors (Lipinski definition) is 6. The first-order chi connectivity index (χ1) is 20.1. The molecule has 42 heavy (non-hydrogen) atoms. The Bertz CT molecular complexity index is 1410. The first-order valence-corrected chi connectivity index (χ1v) is 13.4. The van der Waals surface area contributed by atoms with Crippen molar-refractivity contribution in [2.45, 2.75) is 62.2 Å². The second-order valence-corrected chi connectivity index (χ2v) is 10.4. The average Bonchev–Trinajstić information content (AvgIpc) is 3.00.